The van der Waals surface area contributed by atoms with Gasteiger partial charge in [-0.3, -0.25) is 4.98 Å². The Balaban J connectivity index is 1.49. The Labute approximate surface area is 204 Å². The third-order valence-corrected chi connectivity index (χ3v) is 5.73. The third kappa shape index (κ3) is 4.53. The van der Waals surface area contributed by atoms with E-state index < -0.39 is 6.03 Å². The first-order valence-electron chi connectivity index (χ1n) is 10.7. The fourth-order valence-corrected chi connectivity index (χ4v) is 3.85. The largest absolute Gasteiger partial charge is 0.350 e. The fourth-order valence-electron chi connectivity index (χ4n) is 3.72. The van der Waals surface area contributed by atoms with E-state index in [1.807, 2.05) is 12.1 Å². The number of aromatic nitrogens is 4. The van der Waals surface area contributed by atoms with Gasteiger partial charge in [0.1, 0.15) is 11.5 Å². The first-order chi connectivity index (χ1) is 16.9. The second-order valence-electron chi connectivity index (χ2n) is 7.87. The number of hydrogen-bond acceptors (Lipinski definition) is 5. The molecular weight excluding hydrogens is 469 g/mol. The summed E-state index contributed by atoms with van der Waals surface area (Å²) in [7, 11) is 0. The number of hydrogen-bond donors (Lipinski definition) is 1. The van der Waals surface area contributed by atoms with E-state index in [9.17, 15) is 9.18 Å². The van der Waals surface area contributed by atoms with Crippen LogP contribution in [-0.4, -0.2) is 31.3 Å². The lowest BCUT2D eigenvalue weighted by Crippen LogP contribution is -2.32. The highest BCUT2D eigenvalue weighted by Gasteiger charge is 2.15. The van der Waals surface area contributed by atoms with Gasteiger partial charge in [-0.1, -0.05) is 17.7 Å². The first-order valence-corrected chi connectivity index (χ1v) is 11.0. The number of nitrogens with two attached hydrogens (primary N) is 1. The van der Waals surface area contributed by atoms with Gasteiger partial charge >= 0.3 is 6.03 Å². The van der Waals surface area contributed by atoms with Gasteiger partial charge in [0.15, 0.2) is 5.65 Å². The molecule has 2 aromatic carbocycles. The highest BCUT2D eigenvalue weighted by Crippen LogP contribution is 2.21. The quantitative estimate of drug-likeness (QED) is 0.279. The van der Waals surface area contributed by atoms with Crippen molar-refractivity contribution in [1.29, 1.82) is 0 Å². The van der Waals surface area contributed by atoms with Crippen LogP contribution in [0.25, 0.3) is 16.6 Å². The number of urea groups is 1. The normalized spacial score (nSPS) is 11.8. The van der Waals surface area contributed by atoms with E-state index in [0.717, 1.165) is 10.4 Å². The summed E-state index contributed by atoms with van der Waals surface area (Å²) in [6.07, 6.45) is 3.57. The van der Waals surface area contributed by atoms with Gasteiger partial charge in [0.25, 0.3) is 0 Å². The predicted octanol–water partition coefficient (Wildman–Crippen LogP) is 4.97. The molecule has 0 aliphatic rings. The minimum atomic E-state index is -0.752. The van der Waals surface area contributed by atoms with Crippen molar-refractivity contribution >= 4 is 45.6 Å². The van der Waals surface area contributed by atoms with Crippen LogP contribution in [0.1, 0.15) is 23.9 Å². The van der Waals surface area contributed by atoms with Crippen LogP contribution >= 0.6 is 11.6 Å². The maximum absolute atomic E-state index is 14.8. The molecule has 0 spiro atoms. The number of benzene rings is 2. The van der Waals surface area contributed by atoms with Crippen LogP contribution in [0.4, 0.5) is 14.9 Å². The molecule has 0 fully saturated rings. The number of carbonyl (C=O) groups excluding carboxylic acids is 1. The summed E-state index contributed by atoms with van der Waals surface area (Å²) in [6.45, 7) is 1.71. The highest BCUT2D eigenvalue weighted by molar-refractivity contribution is 6.30. The van der Waals surface area contributed by atoms with Gasteiger partial charge in [-0.15, -0.1) is 0 Å². The average molecular weight is 488 g/mol. The molecule has 2 amide bonds. The van der Waals surface area contributed by atoms with E-state index in [2.05, 4.69) is 20.2 Å². The lowest BCUT2D eigenvalue weighted by molar-refractivity contribution is 0.254. The number of hydrazone groups is 1. The zero-order chi connectivity index (χ0) is 24.5. The second kappa shape index (κ2) is 9.11. The van der Waals surface area contributed by atoms with Gasteiger partial charge in [-0.25, -0.2) is 18.7 Å². The number of amides is 2. The Morgan fingerprint density at radius 2 is 1.94 bits per heavy atom. The molecule has 174 valence electrons. The molecule has 0 saturated heterocycles. The summed E-state index contributed by atoms with van der Waals surface area (Å²) in [6, 6.07) is 16.2. The fraction of sp³-hybridized carbons (Fsp3) is 0.0800. The van der Waals surface area contributed by atoms with Gasteiger partial charge in [0.2, 0.25) is 0 Å². The second-order valence-corrected chi connectivity index (χ2v) is 8.30. The van der Waals surface area contributed by atoms with E-state index in [4.69, 9.17) is 17.3 Å². The molecule has 10 heteroatoms. The van der Waals surface area contributed by atoms with Crippen molar-refractivity contribution in [1.82, 2.24) is 19.6 Å². The number of anilines is 1. The molecule has 0 saturated carbocycles. The zero-order valence-corrected chi connectivity index (χ0v) is 19.3. The lowest BCUT2D eigenvalue weighted by atomic mass is 10.1. The van der Waals surface area contributed by atoms with Gasteiger partial charge in [-0.2, -0.15) is 15.2 Å². The smallest absolute Gasteiger partial charge is 0.340 e. The Kier molecular flexibility index (Phi) is 5.84. The summed E-state index contributed by atoms with van der Waals surface area (Å²) in [4.78, 5) is 20.6. The molecule has 0 unspecified atom stereocenters. The molecule has 0 aliphatic carbocycles. The Morgan fingerprint density at radius 3 is 2.71 bits per heavy atom. The van der Waals surface area contributed by atoms with Crippen LogP contribution in [0.15, 0.2) is 78.2 Å². The van der Waals surface area contributed by atoms with Crippen LogP contribution in [0.3, 0.4) is 0 Å². The van der Waals surface area contributed by atoms with Crippen LogP contribution in [0.2, 0.25) is 5.02 Å². The molecule has 0 radical (unpaired) electrons. The van der Waals surface area contributed by atoms with Crippen molar-refractivity contribution in [2.75, 3.05) is 5.01 Å². The van der Waals surface area contributed by atoms with Gasteiger partial charge in [-0.05, 0) is 61.0 Å². The summed E-state index contributed by atoms with van der Waals surface area (Å²) in [5.74, 6) is -0.347. The van der Waals surface area contributed by atoms with Crippen LogP contribution < -0.4 is 10.7 Å². The topological polar surface area (TPSA) is 102 Å². The molecule has 3 aromatic heterocycles. The molecule has 8 nitrogen and oxygen atoms in total. The number of rotatable bonds is 5. The summed E-state index contributed by atoms with van der Waals surface area (Å²) >= 11 is 5.94. The van der Waals surface area contributed by atoms with Crippen molar-refractivity contribution in [2.45, 2.75) is 13.3 Å². The van der Waals surface area contributed by atoms with Crippen molar-refractivity contribution in [3.05, 3.63) is 101 Å². The Morgan fingerprint density at radius 1 is 1.14 bits per heavy atom. The minimum Gasteiger partial charge on any atom is -0.350 e. The van der Waals surface area contributed by atoms with Crippen molar-refractivity contribution in [3.8, 4) is 0 Å². The number of halogens is 2. The molecule has 5 aromatic rings. The standard InChI is InChI=1S/C25H19ClFN7O/c1-15(31-34(25(28)35)19-6-4-18(26)5-7-19)22-8-9-24-30-14-20(33(24)32-22)12-17-11-16-3-2-10-29-23(16)13-21(17)27/h2-11,13-14H,12H2,1H3,(H2,28,35)/b31-15+. The average Bonchev–Trinajstić information content (AvgIpc) is 3.25. The van der Waals surface area contributed by atoms with E-state index in [1.165, 1.54) is 6.07 Å². The number of imidazole rings is 1. The lowest BCUT2D eigenvalue weighted by Gasteiger charge is -2.16. The first kappa shape index (κ1) is 22.4. The monoisotopic (exact) mass is 487 g/mol. The van der Waals surface area contributed by atoms with Crippen molar-refractivity contribution in [3.63, 3.8) is 0 Å². The molecule has 3 heterocycles. The van der Waals surface area contributed by atoms with Crippen molar-refractivity contribution < 1.29 is 9.18 Å². The maximum atomic E-state index is 14.8. The highest BCUT2D eigenvalue weighted by atomic mass is 35.5. The summed E-state index contributed by atoms with van der Waals surface area (Å²) in [5, 5.41) is 11.5. The predicted molar refractivity (Wildman–Crippen MR) is 133 cm³/mol. The molecule has 2 N–H and O–H groups in total. The number of nitrogens with zero attached hydrogens (tertiary/aromatic N) is 6. The summed E-state index contributed by atoms with van der Waals surface area (Å²) < 4.78 is 16.4. The number of carbonyl (C=O) groups is 1. The van der Waals surface area contributed by atoms with Gasteiger partial charge < -0.3 is 5.73 Å². The van der Waals surface area contributed by atoms with Crippen LogP contribution in [0, 0.1) is 5.82 Å². The number of pyridine rings is 1. The summed E-state index contributed by atoms with van der Waals surface area (Å²) in [5.41, 5.74) is 9.35. The Hall–Kier alpha value is -4.37. The third-order valence-electron chi connectivity index (χ3n) is 5.48. The van der Waals surface area contributed by atoms with Crippen LogP contribution in [-0.2, 0) is 6.42 Å². The number of primary amides is 1. The van der Waals surface area contributed by atoms with E-state index in [1.54, 1.807) is 66.3 Å². The van der Waals surface area contributed by atoms with Gasteiger partial charge in [0.05, 0.1) is 28.8 Å². The molecule has 5 rings (SSSR count). The number of fused-ring (bicyclic) bond motifs is 2. The zero-order valence-electron chi connectivity index (χ0n) is 18.6. The SMILES string of the molecule is C/C(=N\N(C(N)=O)c1ccc(Cl)cc1)c1ccc2ncc(Cc3cc4cccnc4cc3F)n2n1. The van der Waals surface area contributed by atoms with E-state index in [0.29, 0.717) is 44.5 Å². The molecule has 35 heavy (non-hydrogen) atoms. The van der Waals surface area contributed by atoms with Crippen LogP contribution in [0.5, 0.6) is 0 Å². The molecule has 0 atom stereocenters. The molecule has 0 aliphatic heterocycles. The minimum absolute atomic E-state index is 0.280. The Bertz CT molecular complexity index is 1600. The molecular formula is C25H19ClFN7O. The molecule has 0 bridgehead atoms. The van der Waals surface area contributed by atoms with E-state index >= 15 is 0 Å². The maximum Gasteiger partial charge on any atom is 0.340 e. The van der Waals surface area contributed by atoms with E-state index in [-0.39, 0.29) is 12.2 Å². The van der Waals surface area contributed by atoms with Crippen molar-refractivity contribution in [2.24, 2.45) is 10.8 Å². The van der Waals surface area contributed by atoms with Gasteiger partial charge in [0, 0.05) is 29.1 Å².